The lowest BCUT2D eigenvalue weighted by Crippen LogP contribution is -2.15. The maximum atomic E-state index is 11.5. The topological polar surface area (TPSA) is 52.9 Å². The summed E-state index contributed by atoms with van der Waals surface area (Å²) in [7, 11) is 0. The Balaban J connectivity index is 2.71. The Morgan fingerprint density at radius 3 is 2.94 bits per heavy atom. The molecule has 1 aromatic carbocycles. The van der Waals surface area contributed by atoms with Gasteiger partial charge in [0, 0.05) is 17.1 Å². The van der Waals surface area contributed by atoms with Gasteiger partial charge < -0.3 is 5.32 Å². The molecule has 1 aromatic rings. The van der Waals surface area contributed by atoms with Crippen molar-refractivity contribution in [2.24, 2.45) is 5.92 Å². The molecule has 0 saturated carbocycles. The van der Waals surface area contributed by atoms with Gasteiger partial charge in [0.05, 0.1) is 12.0 Å². The van der Waals surface area contributed by atoms with Crippen molar-refractivity contribution in [2.45, 2.75) is 20.3 Å². The van der Waals surface area contributed by atoms with Crippen LogP contribution in [0.4, 0.5) is 5.69 Å². The van der Waals surface area contributed by atoms with Crippen LogP contribution in [0, 0.1) is 24.2 Å². The molecule has 4 heteroatoms. The standard InChI is InChI=1S/C12H13ClN2O/c1-8(7-14)6-12(16)15-11-5-3-4-10(13)9(11)2/h3-5,8H,6H2,1-2H3,(H,15,16). The van der Waals surface area contributed by atoms with Crippen molar-refractivity contribution in [3.8, 4) is 6.07 Å². The molecule has 1 amide bonds. The number of nitrogens with one attached hydrogen (secondary N) is 1. The van der Waals surface area contributed by atoms with E-state index in [2.05, 4.69) is 5.32 Å². The molecule has 0 aliphatic carbocycles. The lowest BCUT2D eigenvalue weighted by molar-refractivity contribution is -0.116. The third-order valence-electron chi connectivity index (χ3n) is 2.25. The highest BCUT2D eigenvalue weighted by molar-refractivity contribution is 6.31. The molecule has 0 aliphatic heterocycles. The van der Waals surface area contributed by atoms with Gasteiger partial charge in [-0.2, -0.15) is 5.26 Å². The van der Waals surface area contributed by atoms with Gasteiger partial charge in [0.25, 0.3) is 0 Å². The van der Waals surface area contributed by atoms with Gasteiger partial charge in [-0.1, -0.05) is 17.7 Å². The lowest BCUT2D eigenvalue weighted by atomic mass is 10.1. The highest BCUT2D eigenvalue weighted by Gasteiger charge is 2.10. The van der Waals surface area contributed by atoms with Crippen LogP contribution in [0.2, 0.25) is 5.02 Å². The monoisotopic (exact) mass is 236 g/mol. The lowest BCUT2D eigenvalue weighted by Gasteiger charge is -2.09. The van der Waals surface area contributed by atoms with Gasteiger partial charge in [-0.15, -0.1) is 0 Å². The molecule has 1 unspecified atom stereocenters. The zero-order valence-corrected chi connectivity index (χ0v) is 10.0. The summed E-state index contributed by atoms with van der Waals surface area (Å²) >= 11 is 5.93. The zero-order valence-electron chi connectivity index (χ0n) is 9.25. The van der Waals surface area contributed by atoms with Crippen molar-refractivity contribution in [1.29, 1.82) is 5.26 Å². The molecule has 0 aliphatic rings. The molecular weight excluding hydrogens is 224 g/mol. The molecule has 3 nitrogen and oxygen atoms in total. The summed E-state index contributed by atoms with van der Waals surface area (Å²) in [4.78, 5) is 11.5. The van der Waals surface area contributed by atoms with Gasteiger partial charge in [0.15, 0.2) is 0 Å². The Morgan fingerprint density at radius 2 is 2.31 bits per heavy atom. The van der Waals surface area contributed by atoms with E-state index in [9.17, 15) is 4.79 Å². The summed E-state index contributed by atoms with van der Waals surface area (Å²) in [5, 5.41) is 12.0. The number of hydrogen-bond donors (Lipinski definition) is 1. The van der Waals surface area contributed by atoms with Crippen molar-refractivity contribution in [1.82, 2.24) is 0 Å². The molecule has 0 heterocycles. The summed E-state index contributed by atoms with van der Waals surface area (Å²) in [5.41, 5.74) is 1.53. The summed E-state index contributed by atoms with van der Waals surface area (Å²) in [5.74, 6) is -0.445. The normalized spacial score (nSPS) is 11.6. The number of anilines is 1. The molecule has 0 radical (unpaired) electrons. The van der Waals surface area contributed by atoms with Gasteiger partial charge >= 0.3 is 0 Å². The van der Waals surface area contributed by atoms with E-state index in [4.69, 9.17) is 16.9 Å². The number of hydrogen-bond acceptors (Lipinski definition) is 2. The van der Waals surface area contributed by atoms with Crippen molar-refractivity contribution < 1.29 is 4.79 Å². The molecule has 0 spiro atoms. The highest BCUT2D eigenvalue weighted by Crippen LogP contribution is 2.23. The summed E-state index contributed by atoms with van der Waals surface area (Å²) in [6, 6.07) is 7.35. The number of amides is 1. The Morgan fingerprint density at radius 1 is 1.62 bits per heavy atom. The number of benzene rings is 1. The van der Waals surface area contributed by atoms with Crippen LogP contribution in [0.25, 0.3) is 0 Å². The van der Waals surface area contributed by atoms with E-state index in [0.717, 1.165) is 5.56 Å². The van der Waals surface area contributed by atoms with Gasteiger partial charge in [0.2, 0.25) is 5.91 Å². The van der Waals surface area contributed by atoms with Crippen LogP contribution < -0.4 is 5.32 Å². The average molecular weight is 237 g/mol. The number of nitrogens with zero attached hydrogens (tertiary/aromatic N) is 1. The number of nitriles is 1. The molecule has 0 bridgehead atoms. The number of halogens is 1. The molecule has 1 atom stereocenters. The minimum Gasteiger partial charge on any atom is -0.326 e. The molecule has 1 rings (SSSR count). The fraction of sp³-hybridized carbons (Fsp3) is 0.333. The summed E-state index contributed by atoms with van der Waals surface area (Å²) in [6.45, 7) is 3.55. The van der Waals surface area contributed by atoms with Gasteiger partial charge in [0.1, 0.15) is 0 Å². The van der Waals surface area contributed by atoms with E-state index in [1.165, 1.54) is 0 Å². The van der Waals surface area contributed by atoms with Crippen molar-refractivity contribution >= 4 is 23.2 Å². The largest absolute Gasteiger partial charge is 0.326 e. The van der Waals surface area contributed by atoms with E-state index in [0.29, 0.717) is 10.7 Å². The molecule has 0 fully saturated rings. The second-order valence-electron chi connectivity index (χ2n) is 3.69. The minimum absolute atomic E-state index is 0.167. The van der Waals surface area contributed by atoms with Crippen LogP contribution in [-0.2, 0) is 4.79 Å². The molecular formula is C12H13ClN2O. The van der Waals surface area contributed by atoms with Gasteiger partial charge in [-0.05, 0) is 31.5 Å². The fourth-order valence-electron chi connectivity index (χ4n) is 1.27. The Hall–Kier alpha value is -1.53. The maximum absolute atomic E-state index is 11.5. The third kappa shape index (κ3) is 3.25. The first-order valence-electron chi connectivity index (χ1n) is 4.99. The minimum atomic E-state index is -0.278. The number of rotatable bonds is 3. The maximum Gasteiger partial charge on any atom is 0.225 e. The van der Waals surface area contributed by atoms with Crippen LogP contribution in [0.1, 0.15) is 18.9 Å². The van der Waals surface area contributed by atoms with Crippen LogP contribution in [-0.4, -0.2) is 5.91 Å². The zero-order chi connectivity index (χ0) is 12.1. The van der Waals surface area contributed by atoms with Crippen LogP contribution >= 0.6 is 11.6 Å². The fourth-order valence-corrected chi connectivity index (χ4v) is 1.44. The number of carbonyl (C=O) groups excluding carboxylic acids is 1. The average Bonchev–Trinajstić information content (AvgIpc) is 2.24. The predicted molar refractivity (Wildman–Crippen MR) is 64.2 cm³/mol. The van der Waals surface area contributed by atoms with Crippen molar-refractivity contribution in [3.05, 3.63) is 28.8 Å². The first-order valence-corrected chi connectivity index (χ1v) is 5.37. The molecule has 16 heavy (non-hydrogen) atoms. The smallest absolute Gasteiger partial charge is 0.225 e. The Kier molecular flexibility index (Phi) is 4.33. The molecule has 84 valence electrons. The van der Waals surface area contributed by atoms with E-state index in [1.54, 1.807) is 25.1 Å². The van der Waals surface area contributed by atoms with E-state index >= 15 is 0 Å². The molecule has 0 aromatic heterocycles. The molecule has 1 N–H and O–H groups in total. The predicted octanol–water partition coefficient (Wildman–Crippen LogP) is 3.14. The second kappa shape index (κ2) is 5.53. The first-order chi connectivity index (χ1) is 7.54. The second-order valence-corrected chi connectivity index (χ2v) is 4.10. The van der Waals surface area contributed by atoms with Crippen molar-refractivity contribution in [3.63, 3.8) is 0 Å². The first kappa shape index (κ1) is 12.5. The van der Waals surface area contributed by atoms with Crippen molar-refractivity contribution in [2.75, 3.05) is 5.32 Å². The third-order valence-corrected chi connectivity index (χ3v) is 2.66. The Bertz CT molecular complexity index is 437. The van der Waals surface area contributed by atoms with Gasteiger partial charge in [-0.3, -0.25) is 4.79 Å². The highest BCUT2D eigenvalue weighted by atomic mass is 35.5. The van der Waals surface area contributed by atoms with E-state index in [1.807, 2.05) is 13.0 Å². The van der Waals surface area contributed by atoms with Crippen LogP contribution in [0.3, 0.4) is 0 Å². The summed E-state index contributed by atoms with van der Waals surface area (Å²) < 4.78 is 0. The van der Waals surface area contributed by atoms with E-state index in [-0.39, 0.29) is 18.2 Å². The van der Waals surface area contributed by atoms with Gasteiger partial charge in [-0.25, -0.2) is 0 Å². The quantitative estimate of drug-likeness (QED) is 0.877. The van der Waals surface area contributed by atoms with Crippen LogP contribution in [0.15, 0.2) is 18.2 Å². The van der Waals surface area contributed by atoms with Crippen LogP contribution in [0.5, 0.6) is 0 Å². The Labute approximate surface area is 100 Å². The summed E-state index contributed by atoms with van der Waals surface area (Å²) in [6.07, 6.45) is 0.197. The number of carbonyl (C=O) groups is 1. The van der Waals surface area contributed by atoms with E-state index < -0.39 is 0 Å². The molecule has 0 saturated heterocycles. The SMILES string of the molecule is Cc1c(Cl)cccc1NC(=O)CC(C)C#N.